The van der Waals surface area contributed by atoms with Crippen molar-refractivity contribution in [2.75, 3.05) is 0 Å². The summed E-state index contributed by atoms with van der Waals surface area (Å²) >= 11 is 0. The van der Waals surface area contributed by atoms with Crippen LogP contribution in [0.4, 0.5) is 0 Å². The molecular weight excluding hydrogens is 228 g/mol. The van der Waals surface area contributed by atoms with Crippen molar-refractivity contribution in [1.82, 2.24) is 9.78 Å². The van der Waals surface area contributed by atoms with E-state index in [-0.39, 0.29) is 0 Å². The largest absolute Gasteiger partial charge is 0.479 e. The molecule has 0 radical (unpaired) electrons. The van der Waals surface area contributed by atoms with Gasteiger partial charge in [-0.15, -0.1) is 0 Å². The Kier molecular flexibility index (Phi) is 2.95. The van der Waals surface area contributed by atoms with Gasteiger partial charge in [-0.25, -0.2) is 4.79 Å². The molecule has 2 rings (SSSR count). The monoisotopic (exact) mass is 244 g/mol. The lowest BCUT2D eigenvalue weighted by Crippen LogP contribution is -2.40. The minimum absolute atomic E-state index is 0.724. The summed E-state index contributed by atoms with van der Waals surface area (Å²) in [6.07, 6.45) is 3.26. The Labute approximate surface area is 106 Å². The van der Waals surface area contributed by atoms with E-state index in [0.717, 1.165) is 16.7 Å². The Bertz CT molecular complexity index is 575. The Morgan fingerprint density at radius 1 is 1.33 bits per heavy atom. The lowest BCUT2D eigenvalue weighted by molar-refractivity contribution is -0.144. The van der Waals surface area contributed by atoms with Crippen molar-refractivity contribution in [3.8, 4) is 0 Å². The summed E-state index contributed by atoms with van der Waals surface area (Å²) < 4.78 is 1.47. The van der Waals surface area contributed by atoms with Crippen LogP contribution < -0.4 is 0 Å². The molecule has 94 valence electrons. The van der Waals surface area contributed by atoms with Crippen molar-refractivity contribution in [3.05, 3.63) is 53.3 Å². The second-order valence-corrected chi connectivity index (χ2v) is 4.63. The maximum atomic E-state index is 11.7. The molecule has 0 saturated heterocycles. The minimum Gasteiger partial charge on any atom is -0.479 e. The van der Waals surface area contributed by atoms with Gasteiger partial charge in [0.2, 0.25) is 0 Å². The maximum Gasteiger partial charge on any atom is 0.336 e. The molecule has 18 heavy (non-hydrogen) atoms. The van der Waals surface area contributed by atoms with Gasteiger partial charge in [-0.05, 0) is 43.5 Å². The molecule has 4 heteroatoms. The predicted molar refractivity (Wildman–Crippen MR) is 68.5 cm³/mol. The quantitative estimate of drug-likeness (QED) is 0.901. The summed E-state index contributed by atoms with van der Waals surface area (Å²) in [5, 5.41) is 13.6. The van der Waals surface area contributed by atoms with E-state index in [2.05, 4.69) is 5.10 Å². The summed E-state index contributed by atoms with van der Waals surface area (Å²) in [5.41, 5.74) is 1.77. The molecule has 1 N–H and O–H groups in total. The lowest BCUT2D eigenvalue weighted by Gasteiger charge is -2.26. The highest BCUT2D eigenvalue weighted by Crippen LogP contribution is 2.27. The molecule has 0 bridgehead atoms. The average Bonchev–Trinajstić information content (AvgIpc) is 2.85. The number of hydrogen-bond acceptors (Lipinski definition) is 2. The van der Waals surface area contributed by atoms with E-state index in [9.17, 15) is 9.90 Å². The first kappa shape index (κ1) is 12.4. The zero-order valence-corrected chi connectivity index (χ0v) is 10.7. The number of benzene rings is 1. The third-order valence-corrected chi connectivity index (χ3v) is 3.45. The predicted octanol–water partition coefficient (Wildman–Crippen LogP) is 2.35. The lowest BCUT2D eigenvalue weighted by atomic mass is 9.90. The molecule has 0 amide bonds. The zero-order valence-electron chi connectivity index (χ0n) is 10.7. The second-order valence-electron chi connectivity index (χ2n) is 4.63. The van der Waals surface area contributed by atoms with Crippen LogP contribution in [-0.2, 0) is 10.3 Å². The third kappa shape index (κ3) is 1.79. The van der Waals surface area contributed by atoms with Gasteiger partial charge in [-0.3, -0.25) is 4.68 Å². The van der Waals surface area contributed by atoms with Gasteiger partial charge in [0.05, 0.1) is 0 Å². The molecule has 1 unspecified atom stereocenters. The summed E-state index contributed by atoms with van der Waals surface area (Å²) in [6.45, 7) is 5.64. The average molecular weight is 244 g/mol. The molecule has 1 aromatic carbocycles. The van der Waals surface area contributed by atoms with E-state index >= 15 is 0 Å². The van der Waals surface area contributed by atoms with E-state index in [1.807, 2.05) is 32.0 Å². The molecule has 0 spiro atoms. The Balaban J connectivity index is 2.61. The summed E-state index contributed by atoms with van der Waals surface area (Å²) in [6, 6.07) is 7.42. The van der Waals surface area contributed by atoms with E-state index in [4.69, 9.17) is 0 Å². The standard InChI is InChI=1S/C14H16N2O2/c1-10-5-6-12(9-11(10)2)14(3,13(17)18)16-8-4-7-15-16/h4-9H,1-3H3,(H,17,18). The van der Waals surface area contributed by atoms with Crippen molar-refractivity contribution in [3.63, 3.8) is 0 Å². The summed E-state index contributed by atoms with van der Waals surface area (Å²) in [5.74, 6) is -0.922. The van der Waals surface area contributed by atoms with Crippen LogP contribution >= 0.6 is 0 Å². The van der Waals surface area contributed by atoms with Crippen LogP contribution in [0.5, 0.6) is 0 Å². The minimum atomic E-state index is -1.18. The van der Waals surface area contributed by atoms with Gasteiger partial charge < -0.3 is 5.11 Å². The van der Waals surface area contributed by atoms with Gasteiger partial charge in [0, 0.05) is 12.4 Å². The van der Waals surface area contributed by atoms with Gasteiger partial charge in [-0.2, -0.15) is 5.10 Å². The smallest absolute Gasteiger partial charge is 0.336 e. The van der Waals surface area contributed by atoms with Gasteiger partial charge in [0.15, 0.2) is 5.54 Å². The van der Waals surface area contributed by atoms with Crippen molar-refractivity contribution in [2.24, 2.45) is 0 Å². The molecule has 0 saturated carbocycles. The Morgan fingerprint density at radius 3 is 2.56 bits per heavy atom. The molecule has 4 nitrogen and oxygen atoms in total. The van der Waals surface area contributed by atoms with Crippen molar-refractivity contribution in [2.45, 2.75) is 26.3 Å². The third-order valence-electron chi connectivity index (χ3n) is 3.45. The van der Waals surface area contributed by atoms with Crippen LogP contribution in [0.3, 0.4) is 0 Å². The van der Waals surface area contributed by atoms with Crippen LogP contribution in [0.25, 0.3) is 0 Å². The molecule has 0 aliphatic rings. The summed E-state index contributed by atoms with van der Waals surface area (Å²) in [7, 11) is 0. The van der Waals surface area contributed by atoms with Gasteiger partial charge in [0.1, 0.15) is 0 Å². The van der Waals surface area contributed by atoms with Gasteiger partial charge in [0.25, 0.3) is 0 Å². The molecule has 2 aromatic rings. The first-order chi connectivity index (χ1) is 8.46. The second kappa shape index (κ2) is 4.29. The van der Waals surface area contributed by atoms with Crippen molar-refractivity contribution < 1.29 is 9.90 Å². The molecule has 0 aliphatic carbocycles. The van der Waals surface area contributed by atoms with Crippen LogP contribution in [0.15, 0.2) is 36.7 Å². The molecule has 1 heterocycles. The van der Waals surface area contributed by atoms with Crippen LogP contribution in [0.1, 0.15) is 23.6 Å². The topological polar surface area (TPSA) is 55.1 Å². The first-order valence-corrected chi connectivity index (χ1v) is 5.77. The first-order valence-electron chi connectivity index (χ1n) is 5.77. The fraction of sp³-hybridized carbons (Fsp3) is 0.286. The number of carboxylic acid groups (broad SMARTS) is 1. The van der Waals surface area contributed by atoms with E-state index in [1.165, 1.54) is 4.68 Å². The van der Waals surface area contributed by atoms with Crippen molar-refractivity contribution in [1.29, 1.82) is 0 Å². The highest BCUT2D eigenvalue weighted by atomic mass is 16.4. The van der Waals surface area contributed by atoms with Gasteiger partial charge in [-0.1, -0.05) is 18.2 Å². The fourth-order valence-corrected chi connectivity index (χ4v) is 1.93. The SMILES string of the molecule is Cc1ccc(C(C)(C(=O)O)n2cccn2)cc1C. The van der Waals surface area contributed by atoms with E-state index in [1.54, 1.807) is 25.4 Å². The Morgan fingerprint density at radius 2 is 2.06 bits per heavy atom. The number of aliphatic carboxylic acids is 1. The number of nitrogens with zero attached hydrogens (tertiary/aromatic N) is 2. The van der Waals surface area contributed by atoms with Crippen molar-refractivity contribution >= 4 is 5.97 Å². The maximum absolute atomic E-state index is 11.7. The highest BCUT2D eigenvalue weighted by molar-refractivity contribution is 5.80. The number of carboxylic acids is 1. The number of aromatic nitrogens is 2. The molecule has 0 aliphatic heterocycles. The van der Waals surface area contributed by atoms with Crippen LogP contribution in [-0.4, -0.2) is 20.9 Å². The number of carbonyl (C=O) groups is 1. The fourth-order valence-electron chi connectivity index (χ4n) is 1.93. The highest BCUT2D eigenvalue weighted by Gasteiger charge is 2.38. The molecule has 1 aromatic heterocycles. The summed E-state index contributed by atoms with van der Waals surface area (Å²) in [4.78, 5) is 11.7. The zero-order chi connectivity index (χ0) is 13.3. The normalized spacial score (nSPS) is 14.2. The molecule has 0 fully saturated rings. The van der Waals surface area contributed by atoms with Crippen LogP contribution in [0, 0.1) is 13.8 Å². The van der Waals surface area contributed by atoms with E-state index in [0.29, 0.717) is 0 Å². The van der Waals surface area contributed by atoms with E-state index < -0.39 is 11.5 Å². The van der Waals surface area contributed by atoms with Crippen LogP contribution in [0.2, 0.25) is 0 Å². The molecular formula is C14H16N2O2. The Hall–Kier alpha value is -2.10. The molecule has 1 atom stereocenters. The van der Waals surface area contributed by atoms with Gasteiger partial charge >= 0.3 is 5.97 Å². The number of hydrogen-bond donors (Lipinski definition) is 1. The number of aryl methyl sites for hydroxylation is 2. The number of rotatable bonds is 3.